The zero-order chi connectivity index (χ0) is 23.4. The van der Waals surface area contributed by atoms with Gasteiger partial charge in [-0.3, -0.25) is 14.5 Å². The van der Waals surface area contributed by atoms with Crippen LogP contribution < -0.4 is 10.1 Å². The van der Waals surface area contributed by atoms with Crippen molar-refractivity contribution in [2.75, 3.05) is 19.0 Å². The van der Waals surface area contributed by atoms with E-state index in [0.29, 0.717) is 22.0 Å². The van der Waals surface area contributed by atoms with Crippen LogP contribution in [0.1, 0.15) is 17.2 Å². The standard InChI is InChI=1S/C25H22ClN3O4/c1-33-21-13-12-19(26)14-20(21)27-22(30)16-29-24(31)23(18-10-6-3-7-11-18)28(25(29)32)15-17-8-4-2-5-9-17/h2-14,23H,15-16H2,1H3,(H,27,30). The molecule has 7 nitrogen and oxygen atoms in total. The molecule has 1 unspecified atom stereocenters. The second-order valence-corrected chi connectivity index (χ2v) is 7.96. The second kappa shape index (κ2) is 9.75. The van der Waals surface area contributed by atoms with Gasteiger partial charge in [0.1, 0.15) is 18.3 Å². The molecule has 0 bridgehead atoms. The summed E-state index contributed by atoms with van der Waals surface area (Å²) in [5, 5.41) is 3.09. The molecule has 0 aromatic heterocycles. The lowest BCUT2D eigenvalue weighted by atomic mass is 10.1. The number of rotatable bonds is 7. The van der Waals surface area contributed by atoms with Crippen LogP contribution in [-0.2, 0) is 16.1 Å². The number of urea groups is 1. The van der Waals surface area contributed by atoms with Gasteiger partial charge in [0, 0.05) is 11.6 Å². The van der Waals surface area contributed by atoms with Crippen LogP contribution in [0.4, 0.5) is 10.5 Å². The summed E-state index contributed by atoms with van der Waals surface area (Å²) in [4.78, 5) is 41.8. The first-order valence-electron chi connectivity index (χ1n) is 10.3. The summed E-state index contributed by atoms with van der Waals surface area (Å²) in [6, 6.07) is 21.9. The average molecular weight is 464 g/mol. The highest BCUT2D eigenvalue weighted by Crippen LogP contribution is 2.33. The zero-order valence-corrected chi connectivity index (χ0v) is 18.7. The van der Waals surface area contributed by atoms with Crippen molar-refractivity contribution in [3.8, 4) is 5.75 Å². The minimum atomic E-state index is -0.813. The third kappa shape index (κ3) is 4.83. The molecule has 1 aliphatic heterocycles. The largest absolute Gasteiger partial charge is 0.495 e. The summed E-state index contributed by atoms with van der Waals surface area (Å²) in [6.07, 6.45) is 0. The van der Waals surface area contributed by atoms with E-state index in [4.69, 9.17) is 16.3 Å². The lowest BCUT2D eigenvalue weighted by Gasteiger charge is -2.22. The van der Waals surface area contributed by atoms with Crippen LogP contribution in [0.15, 0.2) is 78.9 Å². The highest BCUT2D eigenvalue weighted by Gasteiger charge is 2.46. The lowest BCUT2D eigenvalue weighted by Crippen LogP contribution is -2.38. The summed E-state index contributed by atoms with van der Waals surface area (Å²) in [5.74, 6) is -0.569. The fourth-order valence-electron chi connectivity index (χ4n) is 3.79. The van der Waals surface area contributed by atoms with E-state index in [1.165, 1.54) is 12.0 Å². The number of halogens is 1. The van der Waals surface area contributed by atoms with Gasteiger partial charge in [-0.15, -0.1) is 0 Å². The maximum absolute atomic E-state index is 13.3. The Balaban J connectivity index is 1.58. The van der Waals surface area contributed by atoms with Crippen molar-refractivity contribution in [3.63, 3.8) is 0 Å². The topological polar surface area (TPSA) is 79.0 Å². The first kappa shape index (κ1) is 22.4. The van der Waals surface area contributed by atoms with Crippen LogP contribution in [-0.4, -0.2) is 41.3 Å². The van der Waals surface area contributed by atoms with Gasteiger partial charge in [0.15, 0.2) is 0 Å². The smallest absolute Gasteiger partial charge is 0.328 e. The number of carbonyl (C=O) groups is 3. The molecule has 1 atom stereocenters. The van der Waals surface area contributed by atoms with Crippen molar-refractivity contribution in [3.05, 3.63) is 95.0 Å². The predicted octanol–water partition coefficient (Wildman–Crippen LogP) is 4.49. The van der Waals surface area contributed by atoms with E-state index in [-0.39, 0.29) is 6.54 Å². The molecule has 0 aliphatic carbocycles. The molecule has 1 fully saturated rings. The molecule has 4 rings (SSSR count). The lowest BCUT2D eigenvalue weighted by molar-refractivity contribution is -0.131. The molecule has 1 aliphatic rings. The van der Waals surface area contributed by atoms with Crippen molar-refractivity contribution in [1.82, 2.24) is 9.80 Å². The van der Waals surface area contributed by atoms with Gasteiger partial charge in [-0.05, 0) is 29.3 Å². The SMILES string of the molecule is COc1ccc(Cl)cc1NC(=O)CN1C(=O)C(c2ccccc2)N(Cc2ccccc2)C1=O. The number of benzene rings is 3. The first-order valence-corrected chi connectivity index (χ1v) is 10.7. The van der Waals surface area contributed by atoms with Crippen LogP contribution in [0.2, 0.25) is 5.02 Å². The minimum Gasteiger partial charge on any atom is -0.495 e. The maximum Gasteiger partial charge on any atom is 0.328 e. The molecule has 33 heavy (non-hydrogen) atoms. The molecule has 8 heteroatoms. The van der Waals surface area contributed by atoms with Gasteiger partial charge in [0.05, 0.1) is 12.8 Å². The summed E-state index contributed by atoms with van der Waals surface area (Å²) in [7, 11) is 1.47. The molecule has 1 heterocycles. The molecule has 1 N–H and O–H groups in total. The minimum absolute atomic E-state index is 0.241. The van der Waals surface area contributed by atoms with E-state index >= 15 is 0 Å². The van der Waals surface area contributed by atoms with Crippen molar-refractivity contribution in [2.45, 2.75) is 12.6 Å². The molecule has 0 spiro atoms. The number of hydrogen-bond acceptors (Lipinski definition) is 4. The van der Waals surface area contributed by atoms with Gasteiger partial charge in [-0.2, -0.15) is 0 Å². The maximum atomic E-state index is 13.3. The van der Waals surface area contributed by atoms with E-state index in [2.05, 4.69) is 5.32 Å². The van der Waals surface area contributed by atoms with Crippen molar-refractivity contribution < 1.29 is 19.1 Å². The average Bonchev–Trinajstić information content (AvgIpc) is 3.04. The van der Waals surface area contributed by atoms with Crippen LogP contribution >= 0.6 is 11.6 Å². The number of nitrogens with one attached hydrogen (secondary N) is 1. The number of anilines is 1. The Morgan fingerprint density at radius 3 is 2.33 bits per heavy atom. The summed E-state index contributed by atoms with van der Waals surface area (Å²) in [5.41, 5.74) is 1.93. The number of amides is 4. The monoisotopic (exact) mass is 463 g/mol. The number of ether oxygens (including phenoxy) is 1. The molecular weight excluding hydrogens is 442 g/mol. The van der Waals surface area contributed by atoms with Crippen LogP contribution in [0.25, 0.3) is 0 Å². The molecule has 0 radical (unpaired) electrons. The van der Waals surface area contributed by atoms with Gasteiger partial charge in [0.2, 0.25) is 5.91 Å². The van der Waals surface area contributed by atoms with Crippen LogP contribution in [0, 0.1) is 0 Å². The molecule has 3 aromatic rings. The fraction of sp³-hybridized carbons (Fsp3) is 0.160. The fourth-order valence-corrected chi connectivity index (χ4v) is 3.97. The van der Waals surface area contributed by atoms with Gasteiger partial charge in [-0.25, -0.2) is 4.79 Å². The quantitative estimate of drug-likeness (QED) is 0.523. The Kier molecular flexibility index (Phi) is 6.60. The van der Waals surface area contributed by atoms with E-state index < -0.39 is 30.4 Å². The third-order valence-corrected chi connectivity index (χ3v) is 5.57. The van der Waals surface area contributed by atoms with Crippen LogP contribution in [0.3, 0.4) is 0 Å². The van der Waals surface area contributed by atoms with E-state index in [9.17, 15) is 14.4 Å². The normalized spacial score (nSPS) is 15.6. The van der Waals surface area contributed by atoms with Crippen molar-refractivity contribution in [2.24, 2.45) is 0 Å². The molecule has 3 aromatic carbocycles. The molecular formula is C25H22ClN3O4. The summed E-state index contributed by atoms with van der Waals surface area (Å²) in [6.45, 7) is -0.187. The van der Waals surface area contributed by atoms with Gasteiger partial charge >= 0.3 is 6.03 Å². The zero-order valence-electron chi connectivity index (χ0n) is 17.9. The predicted molar refractivity (Wildman–Crippen MR) is 125 cm³/mol. The van der Waals surface area contributed by atoms with Crippen molar-refractivity contribution >= 4 is 35.1 Å². The molecule has 168 valence electrons. The molecule has 0 saturated carbocycles. The number of methoxy groups -OCH3 is 1. The molecule has 4 amide bonds. The van der Waals surface area contributed by atoms with E-state index in [0.717, 1.165) is 10.5 Å². The Hall–Kier alpha value is -3.84. The van der Waals surface area contributed by atoms with E-state index in [1.54, 1.807) is 30.3 Å². The second-order valence-electron chi connectivity index (χ2n) is 7.53. The third-order valence-electron chi connectivity index (χ3n) is 5.34. The number of hydrogen-bond donors (Lipinski definition) is 1. The first-order chi connectivity index (χ1) is 16.0. The van der Waals surface area contributed by atoms with Gasteiger partial charge in [0.25, 0.3) is 5.91 Å². The highest BCUT2D eigenvalue weighted by molar-refractivity contribution is 6.31. The Bertz CT molecular complexity index is 1170. The molecule has 1 saturated heterocycles. The van der Waals surface area contributed by atoms with Crippen molar-refractivity contribution in [1.29, 1.82) is 0 Å². The number of nitrogens with zero attached hydrogens (tertiary/aromatic N) is 2. The summed E-state index contributed by atoms with van der Waals surface area (Å²) >= 11 is 6.02. The number of imide groups is 1. The summed E-state index contributed by atoms with van der Waals surface area (Å²) < 4.78 is 5.24. The van der Waals surface area contributed by atoms with Gasteiger partial charge in [-0.1, -0.05) is 72.3 Å². The Labute approximate surface area is 196 Å². The number of carbonyl (C=O) groups excluding carboxylic acids is 3. The highest BCUT2D eigenvalue weighted by atomic mass is 35.5. The Morgan fingerprint density at radius 1 is 1.00 bits per heavy atom. The van der Waals surface area contributed by atoms with Crippen LogP contribution in [0.5, 0.6) is 5.75 Å². The van der Waals surface area contributed by atoms with Gasteiger partial charge < -0.3 is 15.0 Å². The Morgan fingerprint density at radius 2 is 1.67 bits per heavy atom. The van der Waals surface area contributed by atoms with E-state index in [1.807, 2.05) is 48.5 Å².